The van der Waals surface area contributed by atoms with Crippen molar-refractivity contribution in [3.05, 3.63) is 41.7 Å². The average molecular weight is 560 g/mol. The summed E-state index contributed by atoms with van der Waals surface area (Å²) in [5, 5.41) is 19.0. The highest BCUT2D eigenvalue weighted by molar-refractivity contribution is 8.01. The lowest BCUT2D eigenvalue weighted by Gasteiger charge is -2.49. The largest absolute Gasteiger partial charge is 0.477 e. The number of carboxylic acid groups (broad SMARTS) is 1. The zero-order valence-electron chi connectivity index (χ0n) is 17.6. The fourth-order valence-corrected chi connectivity index (χ4v) is 6.64. The molecule has 2 aliphatic heterocycles. The van der Waals surface area contributed by atoms with Crippen molar-refractivity contribution in [3.63, 3.8) is 0 Å². The van der Waals surface area contributed by atoms with Crippen LogP contribution in [0.5, 0.6) is 0 Å². The number of β-lactam (4-membered cyclic amide) rings is 1. The third-order valence-electron chi connectivity index (χ3n) is 4.69. The Balaban J connectivity index is 1.37. The van der Waals surface area contributed by atoms with Crippen LogP contribution in [0.3, 0.4) is 0 Å². The molecule has 2 aromatic heterocycles. The molecule has 4 heterocycles. The summed E-state index contributed by atoms with van der Waals surface area (Å²) in [5.74, 6) is -2.83. The molecule has 0 radical (unpaired) electrons. The quantitative estimate of drug-likeness (QED) is 0.207. The predicted molar refractivity (Wildman–Crippen MR) is 125 cm³/mol. The number of amides is 2. The molecule has 1 saturated heterocycles. The van der Waals surface area contributed by atoms with Crippen LogP contribution in [0.25, 0.3) is 0 Å². The lowest BCUT2D eigenvalue weighted by molar-refractivity contribution is -0.150. The SMILES string of the molecule is O=C(CSc1cccnc1)NC1C(=O)N2C(C(=O)O)=C(CSc3nnc(CS(=O)(=O)O)o3)CS[C@H]12. The Bertz CT molecular complexity index is 1280. The maximum Gasteiger partial charge on any atom is 0.352 e. The number of fused-ring (bicyclic) bond motifs is 1. The van der Waals surface area contributed by atoms with Crippen molar-refractivity contribution in [1.29, 1.82) is 0 Å². The molecule has 3 N–H and O–H groups in total. The van der Waals surface area contributed by atoms with Crippen LogP contribution in [0.2, 0.25) is 0 Å². The van der Waals surface area contributed by atoms with Gasteiger partial charge in [0.15, 0.2) is 5.75 Å². The van der Waals surface area contributed by atoms with Crippen molar-refractivity contribution in [1.82, 2.24) is 25.4 Å². The molecule has 0 bridgehead atoms. The number of carbonyl (C=O) groups excluding carboxylic acids is 2. The van der Waals surface area contributed by atoms with Crippen LogP contribution in [0.15, 0.2) is 50.3 Å². The number of hydrogen-bond acceptors (Lipinski definition) is 12. The molecule has 4 rings (SSSR count). The molecule has 13 nitrogen and oxygen atoms in total. The molecule has 2 amide bonds. The van der Waals surface area contributed by atoms with E-state index in [9.17, 15) is 27.9 Å². The lowest BCUT2D eigenvalue weighted by atomic mass is 10.0. The molecule has 1 fully saturated rings. The molecule has 2 aromatic rings. The summed E-state index contributed by atoms with van der Waals surface area (Å²) < 4.78 is 35.8. The molecule has 0 aliphatic carbocycles. The zero-order valence-corrected chi connectivity index (χ0v) is 20.8. The third-order valence-corrected chi connectivity index (χ3v) is 8.53. The number of thioether (sulfide) groups is 3. The van der Waals surface area contributed by atoms with Gasteiger partial charge in [-0.15, -0.1) is 33.7 Å². The summed E-state index contributed by atoms with van der Waals surface area (Å²) in [6.45, 7) is 0. The molecular formula is C18H17N5O8S4. The van der Waals surface area contributed by atoms with Crippen molar-refractivity contribution >= 4 is 63.2 Å². The second-order valence-electron chi connectivity index (χ2n) is 7.17. The van der Waals surface area contributed by atoms with E-state index in [1.165, 1.54) is 23.5 Å². The van der Waals surface area contributed by atoms with E-state index in [0.717, 1.165) is 21.6 Å². The summed E-state index contributed by atoms with van der Waals surface area (Å²) in [4.78, 5) is 42.9. The summed E-state index contributed by atoms with van der Waals surface area (Å²) in [5.41, 5.74) is 0.266. The Morgan fingerprint density at radius 1 is 1.31 bits per heavy atom. The number of carboxylic acids is 1. The first-order valence-corrected chi connectivity index (χ1v) is 14.4. The van der Waals surface area contributed by atoms with Gasteiger partial charge in [-0.25, -0.2) is 4.79 Å². The van der Waals surface area contributed by atoms with Gasteiger partial charge in [0.1, 0.15) is 17.1 Å². The van der Waals surface area contributed by atoms with Crippen LogP contribution in [0, 0.1) is 0 Å². The number of aliphatic carboxylic acids is 1. The minimum Gasteiger partial charge on any atom is -0.477 e. The van der Waals surface area contributed by atoms with E-state index in [4.69, 9.17) is 8.97 Å². The van der Waals surface area contributed by atoms with Crippen LogP contribution in [0.4, 0.5) is 0 Å². The molecule has 2 aliphatic rings. The van der Waals surface area contributed by atoms with Crippen molar-refractivity contribution in [2.24, 2.45) is 0 Å². The van der Waals surface area contributed by atoms with E-state index in [1.54, 1.807) is 18.5 Å². The van der Waals surface area contributed by atoms with Crippen LogP contribution in [-0.2, 0) is 30.3 Å². The van der Waals surface area contributed by atoms with E-state index < -0.39 is 39.2 Å². The number of nitrogens with zero attached hydrogens (tertiary/aromatic N) is 4. The van der Waals surface area contributed by atoms with Crippen molar-refractivity contribution in [3.8, 4) is 0 Å². The normalized spacial score (nSPS) is 19.8. The second kappa shape index (κ2) is 10.6. The Kier molecular flexibility index (Phi) is 7.70. The van der Waals surface area contributed by atoms with E-state index in [0.29, 0.717) is 5.57 Å². The van der Waals surface area contributed by atoms with E-state index in [2.05, 4.69) is 20.5 Å². The summed E-state index contributed by atoms with van der Waals surface area (Å²) in [6.07, 6.45) is 3.24. The molecule has 35 heavy (non-hydrogen) atoms. The van der Waals surface area contributed by atoms with E-state index in [1.807, 2.05) is 6.07 Å². The van der Waals surface area contributed by atoms with Crippen molar-refractivity contribution in [2.45, 2.75) is 27.3 Å². The molecule has 0 saturated carbocycles. The van der Waals surface area contributed by atoms with Crippen molar-refractivity contribution in [2.75, 3.05) is 17.3 Å². The number of rotatable bonds is 10. The van der Waals surface area contributed by atoms with E-state index >= 15 is 0 Å². The van der Waals surface area contributed by atoms with Gasteiger partial charge < -0.3 is 14.8 Å². The Labute approximate surface area is 211 Å². The van der Waals surface area contributed by atoms with Gasteiger partial charge in [0.25, 0.3) is 21.2 Å². The molecular weight excluding hydrogens is 542 g/mol. The number of nitrogens with one attached hydrogen (secondary N) is 1. The van der Waals surface area contributed by atoms with Crippen LogP contribution in [0.1, 0.15) is 5.89 Å². The first-order valence-electron chi connectivity index (χ1n) is 9.75. The van der Waals surface area contributed by atoms with Gasteiger partial charge in [0, 0.05) is 28.8 Å². The smallest absolute Gasteiger partial charge is 0.352 e. The van der Waals surface area contributed by atoms with Gasteiger partial charge in [-0.05, 0) is 17.7 Å². The van der Waals surface area contributed by atoms with Gasteiger partial charge in [0.2, 0.25) is 11.8 Å². The molecule has 0 spiro atoms. The predicted octanol–water partition coefficient (Wildman–Crippen LogP) is 0.475. The van der Waals surface area contributed by atoms with Gasteiger partial charge in [-0.2, -0.15) is 8.42 Å². The molecule has 186 valence electrons. The number of aromatic nitrogens is 3. The van der Waals surface area contributed by atoms with Gasteiger partial charge in [-0.1, -0.05) is 11.8 Å². The standard InChI is InChI=1S/C18H17N5O8S4/c24-11(7-32-10-2-1-3-19-4-10)20-13-15(25)23-14(17(26)27)9(5-33-16(13)23)6-34-18-22-21-12(31-18)8-35(28,29)30/h1-4,13,16H,5-8H2,(H,20,24)(H,26,27)(H,28,29,30)/t13?,16-/m1/s1. The maximum atomic E-state index is 12.7. The first kappa shape index (κ1) is 25.5. The monoisotopic (exact) mass is 559 g/mol. The van der Waals surface area contributed by atoms with E-state index in [-0.39, 0.29) is 40.0 Å². The van der Waals surface area contributed by atoms with Gasteiger partial charge in [-0.3, -0.25) is 24.0 Å². The fourth-order valence-electron chi connectivity index (χ4n) is 3.25. The summed E-state index contributed by atoms with van der Waals surface area (Å²) in [7, 11) is -4.34. The van der Waals surface area contributed by atoms with Crippen LogP contribution < -0.4 is 5.32 Å². The average Bonchev–Trinajstić information content (AvgIpc) is 3.25. The molecule has 0 aromatic carbocycles. The molecule has 1 unspecified atom stereocenters. The Hall–Kier alpha value is -2.60. The summed E-state index contributed by atoms with van der Waals surface area (Å²) >= 11 is 3.56. The topological polar surface area (TPSA) is 193 Å². The minimum atomic E-state index is -4.34. The highest BCUT2D eigenvalue weighted by Gasteiger charge is 2.54. The number of carbonyl (C=O) groups is 3. The first-order chi connectivity index (χ1) is 16.6. The molecule has 17 heteroatoms. The van der Waals surface area contributed by atoms with Gasteiger partial charge >= 0.3 is 5.97 Å². The zero-order chi connectivity index (χ0) is 25.2. The summed E-state index contributed by atoms with van der Waals surface area (Å²) in [6, 6.07) is 2.73. The third kappa shape index (κ3) is 6.16. The minimum absolute atomic E-state index is 0.0146. The number of pyridine rings is 1. The Morgan fingerprint density at radius 3 is 2.80 bits per heavy atom. The van der Waals surface area contributed by atoms with Crippen molar-refractivity contribution < 1.29 is 36.9 Å². The Morgan fingerprint density at radius 2 is 2.11 bits per heavy atom. The van der Waals surface area contributed by atoms with Gasteiger partial charge in [0.05, 0.1) is 5.75 Å². The number of hydrogen-bond donors (Lipinski definition) is 3. The highest BCUT2D eigenvalue weighted by atomic mass is 32.2. The maximum absolute atomic E-state index is 12.7. The second-order valence-corrected chi connectivity index (χ2v) is 11.7. The van der Waals surface area contributed by atoms with Crippen LogP contribution in [-0.4, -0.2) is 84.6 Å². The highest BCUT2D eigenvalue weighted by Crippen LogP contribution is 2.41. The lowest BCUT2D eigenvalue weighted by Crippen LogP contribution is -2.70. The van der Waals surface area contributed by atoms with Crippen LogP contribution >= 0.6 is 35.3 Å². The molecule has 2 atom stereocenters. The fraction of sp³-hybridized carbons (Fsp3) is 0.333.